The molecule has 1 aliphatic heterocycles. The molecule has 5 rings (SSSR count). The van der Waals surface area contributed by atoms with E-state index in [-0.39, 0.29) is 11.5 Å². The molecular formula is C28H17Cl2NO4. The summed E-state index contributed by atoms with van der Waals surface area (Å²) in [6, 6.07) is 24.5. The third kappa shape index (κ3) is 4.52. The molecule has 0 spiro atoms. The fourth-order valence-electron chi connectivity index (χ4n) is 3.86. The van der Waals surface area contributed by atoms with Crippen LogP contribution in [-0.2, 0) is 4.79 Å². The molecule has 0 saturated heterocycles. The molecule has 5 nitrogen and oxygen atoms in total. The van der Waals surface area contributed by atoms with Crippen molar-refractivity contribution in [3.63, 3.8) is 0 Å². The summed E-state index contributed by atoms with van der Waals surface area (Å²) in [5.74, 6) is -0.290. The van der Waals surface area contributed by atoms with Crippen LogP contribution < -0.4 is 4.90 Å². The van der Waals surface area contributed by atoms with E-state index in [1.165, 1.54) is 17.0 Å². The predicted octanol–water partition coefficient (Wildman–Crippen LogP) is 7.42. The van der Waals surface area contributed by atoms with Crippen molar-refractivity contribution in [3.8, 4) is 11.3 Å². The summed E-state index contributed by atoms with van der Waals surface area (Å²) < 4.78 is 5.95. The van der Waals surface area contributed by atoms with Gasteiger partial charge in [0.05, 0.1) is 27.0 Å². The minimum Gasteiger partial charge on any atom is -0.478 e. The second-order valence-corrected chi connectivity index (χ2v) is 8.64. The van der Waals surface area contributed by atoms with Crippen LogP contribution in [0.1, 0.15) is 21.7 Å². The summed E-state index contributed by atoms with van der Waals surface area (Å²) in [4.78, 5) is 26.5. The standard InChI is InChI=1S/C28H17Cl2NO4/c29-23-11-9-18(15-24(23)30)26-12-10-22(35-26)14-20-16-25(17-5-2-1-3-6-17)31(27(20)32)21-8-4-7-19(13-21)28(33)34/h1-16H,(H,33,34). The highest BCUT2D eigenvalue weighted by molar-refractivity contribution is 6.42. The third-order valence-corrected chi connectivity index (χ3v) is 6.27. The Morgan fingerprint density at radius 3 is 2.40 bits per heavy atom. The maximum absolute atomic E-state index is 13.5. The second-order valence-electron chi connectivity index (χ2n) is 7.82. The Bertz CT molecular complexity index is 1520. The first kappa shape index (κ1) is 22.7. The number of hydrogen-bond donors (Lipinski definition) is 1. The highest BCUT2D eigenvalue weighted by atomic mass is 35.5. The minimum atomic E-state index is -1.06. The molecule has 0 radical (unpaired) electrons. The van der Waals surface area contributed by atoms with E-state index in [0.29, 0.717) is 38.5 Å². The maximum atomic E-state index is 13.5. The molecule has 7 heteroatoms. The zero-order valence-electron chi connectivity index (χ0n) is 18.1. The van der Waals surface area contributed by atoms with Crippen LogP contribution in [0.25, 0.3) is 23.1 Å². The van der Waals surface area contributed by atoms with Crippen molar-refractivity contribution in [2.24, 2.45) is 0 Å². The third-order valence-electron chi connectivity index (χ3n) is 5.53. The Morgan fingerprint density at radius 2 is 1.66 bits per heavy atom. The number of nitrogens with zero attached hydrogens (tertiary/aromatic N) is 1. The van der Waals surface area contributed by atoms with E-state index >= 15 is 0 Å². The largest absolute Gasteiger partial charge is 0.478 e. The van der Waals surface area contributed by atoms with E-state index in [2.05, 4.69) is 0 Å². The van der Waals surface area contributed by atoms with Crippen LogP contribution in [0.3, 0.4) is 0 Å². The Hall–Kier alpha value is -4.06. The van der Waals surface area contributed by atoms with Crippen LogP contribution in [0.2, 0.25) is 10.0 Å². The van der Waals surface area contributed by atoms with Gasteiger partial charge in [-0.15, -0.1) is 0 Å². The Balaban J connectivity index is 1.55. The molecule has 1 aromatic heterocycles. The summed E-state index contributed by atoms with van der Waals surface area (Å²) in [5, 5.41) is 10.3. The van der Waals surface area contributed by atoms with Gasteiger partial charge in [-0.2, -0.15) is 0 Å². The number of anilines is 1. The first-order valence-corrected chi connectivity index (χ1v) is 11.4. The molecule has 0 aliphatic carbocycles. The van der Waals surface area contributed by atoms with Crippen LogP contribution in [0.4, 0.5) is 5.69 Å². The number of rotatable bonds is 5. The van der Waals surface area contributed by atoms with Crippen LogP contribution in [-0.4, -0.2) is 17.0 Å². The minimum absolute atomic E-state index is 0.0949. The number of aromatic carboxylic acids is 1. The van der Waals surface area contributed by atoms with Gasteiger partial charge in [0, 0.05) is 11.1 Å². The lowest BCUT2D eigenvalue weighted by Gasteiger charge is -2.21. The average Bonchev–Trinajstić information content (AvgIpc) is 3.46. The van der Waals surface area contributed by atoms with Gasteiger partial charge in [0.25, 0.3) is 5.91 Å². The first-order chi connectivity index (χ1) is 16.9. The average molecular weight is 502 g/mol. The van der Waals surface area contributed by atoms with Gasteiger partial charge < -0.3 is 9.52 Å². The van der Waals surface area contributed by atoms with Gasteiger partial charge >= 0.3 is 5.97 Å². The Kier molecular flexibility index (Phi) is 6.03. The van der Waals surface area contributed by atoms with Gasteiger partial charge in [-0.1, -0.05) is 59.6 Å². The first-order valence-electron chi connectivity index (χ1n) is 10.6. The van der Waals surface area contributed by atoms with Gasteiger partial charge in [0.1, 0.15) is 11.5 Å². The number of amides is 1. The topological polar surface area (TPSA) is 70.8 Å². The zero-order chi connectivity index (χ0) is 24.5. The monoisotopic (exact) mass is 501 g/mol. The van der Waals surface area contributed by atoms with Crippen molar-refractivity contribution in [3.05, 3.63) is 124 Å². The van der Waals surface area contributed by atoms with Crippen LogP contribution in [0, 0.1) is 0 Å². The smallest absolute Gasteiger partial charge is 0.335 e. The predicted molar refractivity (Wildman–Crippen MR) is 137 cm³/mol. The normalized spacial score (nSPS) is 14.5. The molecule has 0 saturated carbocycles. The molecular weight excluding hydrogens is 485 g/mol. The fourth-order valence-corrected chi connectivity index (χ4v) is 4.16. The van der Waals surface area contributed by atoms with E-state index in [9.17, 15) is 14.7 Å². The molecule has 0 unspecified atom stereocenters. The molecule has 1 N–H and O–H groups in total. The molecule has 2 heterocycles. The Labute approximate surface area is 211 Å². The number of halogens is 2. The SMILES string of the molecule is O=C(O)c1cccc(N2C(=O)C(=Cc3ccc(-c4ccc(Cl)c(Cl)c4)o3)C=C2c2ccccc2)c1. The van der Waals surface area contributed by atoms with Crippen LogP contribution in [0.5, 0.6) is 0 Å². The highest BCUT2D eigenvalue weighted by Crippen LogP contribution is 2.36. The van der Waals surface area contributed by atoms with Crippen molar-refractivity contribution in [1.82, 2.24) is 0 Å². The van der Waals surface area contributed by atoms with Gasteiger partial charge in [-0.05, 0) is 66.2 Å². The van der Waals surface area contributed by atoms with Gasteiger partial charge in [-0.25, -0.2) is 4.79 Å². The number of carboxylic acid groups (broad SMARTS) is 1. The molecule has 3 aromatic carbocycles. The van der Waals surface area contributed by atoms with Crippen LogP contribution in [0.15, 0.2) is 101 Å². The number of hydrogen-bond acceptors (Lipinski definition) is 3. The second kappa shape index (κ2) is 9.29. The van der Waals surface area contributed by atoms with E-state index in [0.717, 1.165) is 11.1 Å². The molecule has 0 bridgehead atoms. The van der Waals surface area contributed by atoms with E-state index in [1.807, 2.05) is 30.3 Å². The molecule has 0 fully saturated rings. The summed E-state index contributed by atoms with van der Waals surface area (Å²) in [6.45, 7) is 0. The maximum Gasteiger partial charge on any atom is 0.335 e. The van der Waals surface area contributed by atoms with Gasteiger partial charge in [0.2, 0.25) is 0 Å². The van der Waals surface area contributed by atoms with Crippen molar-refractivity contribution < 1.29 is 19.1 Å². The summed E-state index contributed by atoms with van der Waals surface area (Å²) in [6.07, 6.45) is 3.43. The zero-order valence-corrected chi connectivity index (χ0v) is 19.6. The molecule has 0 atom stereocenters. The number of benzene rings is 3. The highest BCUT2D eigenvalue weighted by Gasteiger charge is 2.31. The molecule has 172 valence electrons. The number of furan rings is 1. The lowest BCUT2D eigenvalue weighted by molar-refractivity contribution is -0.113. The Morgan fingerprint density at radius 1 is 0.857 bits per heavy atom. The number of carbonyl (C=O) groups is 2. The van der Waals surface area contributed by atoms with Crippen LogP contribution >= 0.6 is 23.2 Å². The lowest BCUT2D eigenvalue weighted by Crippen LogP contribution is -2.25. The lowest BCUT2D eigenvalue weighted by atomic mass is 10.1. The molecule has 35 heavy (non-hydrogen) atoms. The molecule has 4 aromatic rings. The summed E-state index contributed by atoms with van der Waals surface area (Å²) >= 11 is 12.1. The summed E-state index contributed by atoms with van der Waals surface area (Å²) in [7, 11) is 0. The van der Waals surface area contributed by atoms with E-state index in [4.69, 9.17) is 27.6 Å². The number of carboxylic acids is 1. The van der Waals surface area contributed by atoms with E-state index in [1.54, 1.807) is 54.6 Å². The van der Waals surface area contributed by atoms with Gasteiger partial charge in [-0.3, -0.25) is 9.69 Å². The fraction of sp³-hybridized carbons (Fsp3) is 0. The van der Waals surface area contributed by atoms with Crippen molar-refractivity contribution in [1.29, 1.82) is 0 Å². The molecule has 1 aliphatic rings. The van der Waals surface area contributed by atoms with Crippen molar-refractivity contribution in [2.75, 3.05) is 4.90 Å². The summed E-state index contributed by atoms with van der Waals surface area (Å²) in [5.41, 5.74) is 3.18. The van der Waals surface area contributed by atoms with Crippen molar-refractivity contribution in [2.45, 2.75) is 0 Å². The molecule has 1 amide bonds. The van der Waals surface area contributed by atoms with E-state index < -0.39 is 5.97 Å². The van der Waals surface area contributed by atoms with Gasteiger partial charge in [0.15, 0.2) is 0 Å². The quantitative estimate of drug-likeness (QED) is 0.288. The van der Waals surface area contributed by atoms with Crippen molar-refractivity contribution >= 4 is 52.5 Å². The number of carbonyl (C=O) groups excluding carboxylic acids is 1.